The maximum atomic E-state index is 5.99. The van der Waals surface area contributed by atoms with E-state index in [1.54, 1.807) is 7.11 Å². The summed E-state index contributed by atoms with van der Waals surface area (Å²) < 4.78 is 13.2. The molecule has 4 rings (SSSR count). The molecule has 3 aromatic rings. The Morgan fingerprint density at radius 3 is 2.58 bits per heavy atom. The quantitative estimate of drug-likeness (QED) is 0.713. The van der Waals surface area contributed by atoms with E-state index in [4.69, 9.17) is 9.47 Å². The summed E-state index contributed by atoms with van der Waals surface area (Å²) >= 11 is 0. The van der Waals surface area contributed by atoms with Crippen LogP contribution in [0.4, 0.5) is 0 Å². The van der Waals surface area contributed by atoms with E-state index in [0.29, 0.717) is 6.61 Å². The first-order valence-corrected chi connectivity index (χ1v) is 8.13. The monoisotopic (exact) mass is 320 g/mol. The normalized spacial score (nSPS) is 12.8. The van der Waals surface area contributed by atoms with Crippen molar-refractivity contribution < 1.29 is 9.47 Å². The van der Waals surface area contributed by atoms with Crippen molar-refractivity contribution in [3.05, 3.63) is 59.3 Å². The average Bonchev–Trinajstić information content (AvgIpc) is 2.94. The van der Waals surface area contributed by atoms with Crippen LogP contribution in [-0.2, 0) is 6.42 Å². The lowest BCUT2D eigenvalue weighted by atomic mass is 10.0. The lowest BCUT2D eigenvalue weighted by molar-refractivity contribution is 0.326. The lowest BCUT2D eigenvalue weighted by Gasteiger charge is -2.14. The lowest BCUT2D eigenvalue weighted by Crippen LogP contribution is -2.01. The largest absolute Gasteiger partial charge is 0.497 e. The summed E-state index contributed by atoms with van der Waals surface area (Å²) in [4.78, 5) is 0. The van der Waals surface area contributed by atoms with E-state index >= 15 is 0 Å². The summed E-state index contributed by atoms with van der Waals surface area (Å²) in [5, 5.41) is 4.64. The second kappa shape index (κ2) is 5.71. The fourth-order valence-corrected chi connectivity index (χ4v) is 3.14. The molecule has 1 aromatic heterocycles. The van der Waals surface area contributed by atoms with E-state index in [2.05, 4.69) is 31.1 Å². The first-order chi connectivity index (χ1) is 11.7. The van der Waals surface area contributed by atoms with E-state index in [1.807, 2.05) is 35.1 Å². The minimum absolute atomic E-state index is 0.677. The van der Waals surface area contributed by atoms with Crippen molar-refractivity contribution in [1.29, 1.82) is 0 Å². The highest BCUT2D eigenvalue weighted by Gasteiger charge is 2.22. The van der Waals surface area contributed by atoms with Crippen molar-refractivity contribution in [2.24, 2.45) is 0 Å². The van der Waals surface area contributed by atoms with Crippen LogP contribution in [0.3, 0.4) is 0 Å². The highest BCUT2D eigenvalue weighted by atomic mass is 16.5. The first kappa shape index (κ1) is 14.8. The molecule has 0 N–H and O–H groups in total. The molecule has 0 bridgehead atoms. The van der Waals surface area contributed by atoms with Crippen molar-refractivity contribution in [3.63, 3.8) is 0 Å². The van der Waals surface area contributed by atoms with Gasteiger partial charge in [-0.15, -0.1) is 0 Å². The average molecular weight is 320 g/mol. The topological polar surface area (TPSA) is 36.3 Å². The standard InChI is InChI=1S/C20H20N2O2/c1-13-10-18-19(11-14(13)2)24-9-8-15-12-21-22(20(15)18)16-4-6-17(23-3)7-5-16/h4-7,10-12H,8-9H2,1-3H3. The maximum absolute atomic E-state index is 5.99. The molecule has 0 aliphatic carbocycles. The van der Waals surface area contributed by atoms with Crippen LogP contribution >= 0.6 is 0 Å². The third kappa shape index (κ3) is 2.35. The van der Waals surface area contributed by atoms with Crippen molar-refractivity contribution in [3.8, 4) is 28.4 Å². The van der Waals surface area contributed by atoms with Gasteiger partial charge >= 0.3 is 0 Å². The fourth-order valence-electron chi connectivity index (χ4n) is 3.14. The summed E-state index contributed by atoms with van der Waals surface area (Å²) in [6.07, 6.45) is 2.81. The van der Waals surface area contributed by atoms with Gasteiger partial charge in [0.1, 0.15) is 11.5 Å². The van der Waals surface area contributed by atoms with Crippen LogP contribution in [-0.4, -0.2) is 23.5 Å². The number of nitrogens with zero attached hydrogens (tertiary/aromatic N) is 2. The Morgan fingerprint density at radius 2 is 1.83 bits per heavy atom. The molecule has 122 valence electrons. The molecule has 1 aliphatic heterocycles. The van der Waals surface area contributed by atoms with Crippen LogP contribution in [0.15, 0.2) is 42.6 Å². The number of fused-ring (bicyclic) bond motifs is 3. The molecule has 2 aromatic carbocycles. The zero-order chi connectivity index (χ0) is 16.7. The SMILES string of the molecule is COc1ccc(-n2ncc3c2-c2cc(C)c(C)cc2OCC3)cc1. The van der Waals surface area contributed by atoms with E-state index in [9.17, 15) is 0 Å². The van der Waals surface area contributed by atoms with Crippen LogP contribution in [0.25, 0.3) is 16.9 Å². The Hall–Kier alpha value is -2.75. The summed E-state index contributed by atoms with van der Waals surface area (Å²) in [5.41, 5.74) is 6.96. The van der Waals surface area contributed by atoms with Crippen molar-refractivity contribution in [1.82, 2.24) is 9.78 Å². The second-order valence-corrected chi connectivity index (χ2v) is 6.16. The van der Waals surface area contributed by atoms with Crippen molar-refractivity contribution in [2.75, 3.05) is 13.7 Å². The summed E-state index contributed by atoms with van der Waals surface area (Å²) in [6, 6.07) is 12.3. The van der Waals surface area contributed by atoms with Gasteiger partial charge in [0.25, 0.3) is 0 Å². The first-order valence-electron chi connectivity index (χ1n) is 8.13. The third-order valence-electron chi connectivity index (χ3n) is 4.64. The predicted molar refractivity (Wildman–Crippen MR) is 94.2 cm³/mol. The van der Waals surface area contributed by atoms with Gasteiger partial charge in [0.2, 0.25) is 0 Å². The molecule has 4 heteroatoms. The third-order valence-corrected chi connectivity index (χ3v) is 4.64. The highest BCUT2D eigenvalue weighted by molar-refractivity contribution is 5.74. The molecule has 0 atom stereocenters. The van der Waals surface area contributed by atoms with Gasteiger partial charge in [-0.3, -0.25) is 0 Å². The second-order valence-electron chi connectivity index (χ2n) is 6.16. The minimum atomic E-state index is 0.677. The van der Waals surface area contributed by atoms with E-state index in [0.717, 1.165) is 34.9 Å². The summed E-state index contributed by atoms with van der Waals surface area (Å²) in [7, 11) is 1.67. The van der Waals surface area contributed by atoms with Crippen LogP contribution in [0, 0.1) is 13.8 Å². The molecule has 0 saturated heterocycles. The Morgan fingerprint density at radius 1 is 1.08 bits per heavy atom. The predicted octanol–water partition coefficient (Wildman–Crippen LogP) is 4.10. The van der Waals surface area contributed by atoms with Crippen LogP contribution < -0.4 is 9.47 Å². The van der Waals surface area contributed by atoms with Gasteiger partial charge in [-0.05, 0) is 61.4 Å². The number of aryl methyl sites for hydroxylation is 2. The van der Waals surface area contributed by atoms with Crippen molar-refractivity contribution in [2.45, 2.75) is 20.3 Å². The van der Waals surface area contributed by atoms with Crippen LogP contribution in [0.5, 0.6) is 11.5 Å². The van der Waals surface area contributed by atoms with E-state index < -0.39 is 0 Å². The zero-order valence-electron chi connectivity index (χ0n) is 14.2. The zero-order valence-corrected chi connectivity index (χ0v) is 14.2. The molecule has 1 aliphatic rings. The molecule has 2 heterocycles. The van der Waals surface area contributed by atoms with Gasteiger partial charge in [-0.2, -0.15) is 5.10 Å². The number of hydrogen-bond donors (Lipinski definition) is 0. The molecular weight excluding hydrogens is 300 g/mol. The van der Waals surface area contributed by atoms with Gasteiger partial charge in [0.15, 0.2) is 0 Å². The number of benzene rings is 2. The van der Waals surface area contributed by atoms with Crippen molar-refractivity contribution >= 4 is 0 Å². The minimum Gasteiger partial charge on any atom is -0.497 e. The number of methoxy groups -OCH3 is 1. The van der Waals surface area contributed by atoms with Gasteiger partial charge in [-0.1, -0.05) is 0 Å². The van der Waals surface area contributed by atoms with Gasteiger partial charge in [0, 0.05) is 17.5 Å². The molecule has 0 spiro atoms. The Balaban J connectivity index is 1.91. The van der Waals surface area contributed by atoms with Crippen LogP contribution in [0.2, 0.25) is 0 Å². The number of rotatable bonds is 2. The maximum Gasteiger partial charge on any atom is 0.128 e. The molecule has 24 heavy (non-hydrogen) atoms. The van der Waals surface area contributed by atoms with Gasteiger partial charge in [0.05, 0.1) is 31.3 Å². The van der Waals surface area contributed by atoms with E-state index in [-0.39, 0.29) is 0 Å². The summed E-state index contributed by atoms with van der Waals surface area (Å²) in [6.45, 7) is 4.93. The smallest absolute Gasteiger partial charge is 0.128 e. The van der Waals surface area contributed by atoms with E-state index in [1.165, 1.54) is 16.7 Å². The fraction of sp³-hybridized carbons (Fsp3) is 0.250. The number of hydrogen-bond acceptors (Lipinski definition) is 3. The molecule has 0 unspecified atom stereocenters. The highest BCUT2D eigenvalue weighted by Crippen LogP contribution is 2.38. The molecule has 4 nitrogen and oxygen atoms in total. The molecule has 0 saturated carbocycles. The Bertz CT molecular complexity index is 895. The number of ether oxygens (including phenoxy) is 2. The molecule has 0 amide bonds. The summed E-state index contributed by atoms with van der Waals surface area (Å²) in [5.74, 6) is 1.78. The molecule has 0 radical (unpaired) electrons. The van der Waals surface area contributed by atoms with Crippen LogP contribution in [0.1, 0.15) is 16.7 Å². The van der Waals surface area contributed by atoms with Gasteiger partial charge in [-0.25, -0.2) is 4.68 Å². The van der Waals surface area contributed by atoms with Gasteiger partial charge < -0.3 is 9.47 Å². The Labute approximate surface area is 141 Å². The molecule has 0 fully saturated rings. The Kier molecular flexibility index (Phi) is 3.53. The molecular formula is C20H20N2O2. The number of aromatic nitrogens is 2.